The van der Waals surface area contributed by atoms with E-state index in [2.05, 4.69) is 5.10 Å². The highest BCUT2D eigenvalue weighted by molar-refractivity contribution is 6.07. The smallest absolute Gasteiger partial charge is 0.211 e. The van der Waals surface area contributed by atoms with E-state index in [0.29, 0.717) is 17.8 Å². The number of hydrogen-bond acceptors (Lipinski definition) is 2. The van der Waals surface area contributed by atoms with E-state index >= 15 is 0 Å². The van der Waals surface area contributed by atoms with Crippen LogP contribution in [0.3, 0.4) is 0 Å². The highest BCUT2D eigenvalue weighted by Crippen LogP contribution is 2.08. The molecule has 0 amide bonds. The maximum absolute atomic E-state index is 12.0. The molecule has 3 nitrogen and oxygen atoms in total. The van der Waals surface area contributed by atoms with Crippen LogP contribution < -0.4 is 0 Å². The van der Waals surface area contributed by atoms with Crippen molar-refractivity contribution in [3.63, 3.8) is 0 Å². The topological polar surface area (TPSA) is 34.9 Å². The lowest BCUT2D eigenvalue weighted by molar-refractivity contribution is 0.102. The maximum atomic E-state index is 12.0. The summed E-state index contributed by atoms with van der Waals surface area (Å²) in [5.74, 6) is 0.0231. The summed E-state index contributed by atoms with van der Waals surface area (Å²) in [5, 5.41) is 4.08. The summed E-state index contributed by atoms with van der Waals surface area (Å²) < 4.78 is 1.70. The Morgan fingerprint density at radius 1 is 1.27 bits per heavy atom. The summed E-state index contributed by atoms with van der Waals surface area (Å²) >= 11 is 0. The molecule has 0 unspecified atom stereocenters. The number of carbonyl (C=O) groups excluding carboxylic acids is 1. The molecule has 0 fully saturated rings. The molecule has 0 radical (unpaired) electrons. The molecule has 76 valence electrons. The van der Waals surface area contributed by atoms with Crippen LogP contribution in [0.1, 0.15) is 23.0 Å². The summed E-state index contributed by atoms with van der Waals surface area (Å²) in [7, 11) is 0. The van der Waals surface area contributed by atoms with Gasteiger partial charge in [0.15, 0.2) is 0 Å². The molecule has 0 spiro atoms. The predicted molar refractivity (Wildman–Crippen MR) is 57.8 cm³/mol. The Bertz CT molecular complexity index is 459. The fourth-order valence-corrected chi connectivity index (χ4v) is 1.51. The highest BCUT2D eigenvalue weighted by atomic mass is 16.1. The van der Waals surface area contributed by atoms with Gasteiger partial charge in [-0.1, -0.05) is 30.3 Å². The second kappa shape index (κ2) is 4.09. The monoisotopic (exact) mass is 200 g/mol. The Morgan fingerprint density at radius 3 is 2.67 bits per heavy atom. The van der Waals surface area contributed by atoms with Gasteiger partial charge in [-0.2, -0.15) is 5.10 Å². The minimum Gasteiger partial charge on any atom is -0.287 e. The van der Waals surface area contributed by atoms with Gasteiger partial charge < -0.3 is 0 Å². The molecular formula is C12H12N2O. The SMILES string of the molecule is CCn1nccc1C(=O)c1ccccc1. The number of aryl methyl sites for hydroxylation is 1. The lowest BCUT2D eigenvalue weighted by Crippen LogP contribution is -2.10. The summed E-state index contributed by atoms with van der Waals surface area (Å²) in [5.41, 5.74) is 1.34. The molecule has 0 N–H and O–H groups in total. The van der Waals surface area contributed by atoms with Gasteiger partial charge in [0.2, 0.25) is 5.78 Å². The first kappa shape index (κ1) is 9.65. The molecule has 1 heterocycles. The number of ketones is 1. The van der Waals surface area contributed by atoms with Crippen molar-refractivity contribution < 1.29 is 4.79 Å². The van der Waals surface area contributed by atoms with E-state index in [1.165, 1.54) is 0 Å². The minimum absolute atomic E-state index is 0.0231. The fraction of sp³-hybridized carbons (Fsp3) is 0.167. The standard InChI is InChI=1S/C12H12N2O/c1-2-14-11(8-9-13-14)12(15)10-6-4-3-5-7-10/h3-9H,2H2,1H3. The van der Waals surface area contributed by atoms with Crippen LogP contribution in [-0.4, -0.2) is 15.6 Å². The lowest BCUT2D eigenvalue weighted by Gasteiger charge is -2.03. The zero-order chi connectivity index (χ0) is 10.7. The van der Waals surface area contributed by atoms with Gasteiger partial charge in [-0.3, -0.25) is 9.48 Å². The van der Waals surface area contributed by atoms with Crippen molar-refractivity contribution in [3.8, 4) is 0 Å². The van der Waals surface area contributed by atoms with Gasteiger partial charge in [0.25, 0.3) is 0 Å². The number of aromatic nitrogens is 2. The van der Waals surface area contributed by atoms with Gasteiger partial charge in [-0.05, 0) is 13.0 Å². The third-order valence-electron chi connectivity index (χ3n) is 2.28. The van der Waals surface area contributed by atoms with Crippen molar-refractivity contribution in [3.05, 3.63) is 53.9 Å². The first-order valence-electron chi connectivity index (χ1n) is 4.94. The Kier molecular flexibility index (Phi) is 2.63. The van der Waals surface area contributed by atoms with Gasteiger partial charge >= 0.3 is 0 Å². The molecular weight excluding hydrogens is 188 g/mol. The molecule has 2 rings (SSSR count). The zero-order valence-corrected chi connectivity index (χ0v) is 8.55. The molecule has 0 aliphatic rings. The van der Waals surface area contributed by atoms with E-state index in [0.717, 1.165) is 0 Å². The minimum atomic E-state index is 0.0231. The van der Waals surface area contributed by atoms with Crippen LogP contribution in [0.15, 0.2) is 42.6 Å². The van der Waals surface area contributed by atoms with Crippen LogP contribution in [0.25, 0.3) is 0 Å². The predicted octanol–water partition coefficient (Wildman–Crippen LogP) is 2.13. The van der Waals surface area contributed by atoms with Crippen molar-refractivity contribution in [1.29, 1.82) is 0 Å². The number of rotatable bonds is 3. The Balaban J connectivity index is 2.37. The quantitative estimate of drug-likeness (QED) is 0.711. The molecule has 0 saturated heterocycles. The summed E-state index contributed by atoms with van der Waals surface area (Å²) in [6, 6.07) is 11.0. The molecule has 1 aromatic heterocycles. The zero-order valence-electron chi connectivity index (χ0n) is 8.55. The van der Waals surface area contributed by atoms with Crippen molar-refractivity contribution >= 4 is 5.78 Å². The first-order valence-corrected chi connectivity index (χ1v) is 4.94. The molecule has 15 heavy (non-hydrogen) atoms. The van der Waals surface area contributed by atoms with Crippen LogP contribution >= 0.6 is 0 Å². The van der Waals surface area contributed by atoms with E-state index in [4.69, 9.17) is 0 Å². The number of benzene rings is 1. The molecule has 2 aromatic rings. The Labute approximate surface area is 88.4 Å². The molecule has 3 heteroatoms. The number of hydrogen-bond donors (Lipinski definition) is 0. The van der Waals surface area contributed by atoms with Gasteiger partial charge in [0.1, 0.15) is 5.69 Å². The van der Waals surface area contributed by atoms with Crippen LogP contribution in [0.4, 0.5) is 0 Å². The van der Waals surface area contributed by atoms with Crippen LogP contribution in [-0.2, 0) is 6.54 Å². The molecule has 1 aromatic carbocycles. The second-order valence-corrected chi connectivity index (χ2v) is 3.23. The molecule has 0 aliphatic carbocycles. The maximum Gasteiger partial charge on any atom is 0.211 e. The van der Waals surface area contributed by atoms with Gasteiger partial charge in [-0.25, -0.2) is 0 Å². The average molecular weight is 200 g/mol. The summed E-state index contributed by atoms with van der Waals surface area (Å²) in [6.45, 7) is 2.68. The second-order valence-electron chi connectivity index (χ2n) is 3.23. The molecule has 0 bridgehead atoms. The largest absolute Gasteiger partial charge is 0.287 e. The Hall–Kier alpha value is -1.90. The van der Waals surface area contributed by atoms with Crippen LogP contribution in [0, 0.1) is 0 Å². The molecule has 0 atom stereocenters. The average Bonchev–Trinajstić information content (AvgIpc) is 2.77. The van der Waals surface area contributed by atoms with Gasteiger partial charge in [-0.15, -0.1) is 0 Å². The van der Waals surface area contributed by atoms with E-state index in [9.17, 15) is 4.79 Å². The van der Waals surface area contributed by atoms with Crippen molar-refractivity contribution in [2.24, 2.45) is 0 Å². The van der Waals surface area contributed by atoms with Crippen LogP contribution in [0.2, 0.25) is 0 Å². The van der Waals surface area contributed by atoms with E-state index in [1.54, 1.807) is 16.9 Å². The van der Waals surface area contributed by atoms with Crippen molar-refractivity contribution in [2.75, 3.05) is 0 Å². The van der Waals surface area contributed by atoms with Crippen LogP contribution in [0.5, 0.6) is 0 Å². The van der Waals surface area contributed by atoms with E-state index in [-0.39, 0.29) is 5.78 Å². The lowest BCUT2D eigenvalue weighted by atomic mass is 10.1. The van der Waals surface area contributed by atoms with Gasteiger partial charge in [0, 0.05) is 18.3 Å². The van der Waals surface area contributed by atoms with Gasteiger partial charge in [0.05, 0.1) is 0 Å². The number of nitrogens with zero attached hydrogens (tertiary/aromatic N) is 2. The normalized spacial score (nSPS) is 10.2. The third kappa shape index (κ3) is 1.81. The third-order valence-corrected chi connectivity index (χ3v) is 2.28. The van der Waals surface area contributed by atoms with E-state index in [1.807, 2.05) is 37.3 Å². The van der Waals surface area contributed by atoms with Crippen molar-refractivity contribution in [2.45, 2.75) is 13.5 Å². The molecule has 0 aliphatic heterocycles. The molecule has 0 saturated carbocycles. The van der Waals surface area contributed by atoms with Crippen molar-refractivity contribution in [1.82, 2.24) is 9.78 Å². The van der Waals surface area contributed by atoms with E-state index < -0.39 is 0 Å². The fourth-order valence-electron chi connectivity index (χ4n) is 1.51. The summed E-state index contributed by atoms with van der Waals surface area (Å²) in [6.07, 6.45) is 1.65. The number of carbonyl (C=O) groups is 1. The first-order chi connectivity index (χ1) is 7.33. The highest BCUT2D eigenvalue weighted by Gasteiger charge is 2.12. The summed E-state index contributed by atoms with van der Waals surface area (Å²) in [4.78, 5) is 12.0. The Morgan fingerprint density at radius 2 is 2.00 bits per heavy atom.